The molecule has 1 aromatic heterocycles. The Hall–Kier alpha value is -3.01. The number of carbonyl (C=O) groups is 1. The molecule has 1 amide bonds. The fourth-order valence-electron chi connectivity index (χ4n) is 2.52. The van der Waals surface area contributed by atoms with E-state index in [0.29, 0.717) is 16.6 Å². The number of amides is 1. The summed E-state index contributed by atoms with van der Waals surface area (Å²) < 4.78 is 40.2. The highest BCUT2D eigenvalue weighted by atomic mass is 32.2. The minimum atomic E-state index is -4.59. The van der Waals surface area contributed by atoms with Gasteiger partial charge in [0.15, 0.2) is 5.16 Å². The van der Waals surface area contributed by atoms with E-state index in [0.717, 1.165) is 11.6 Å². The third-order valence-electron chi connectivity index (χ3n) is 4.06. The maximum Gasteiger partial charge on any atom is 0.418 e. The predicted molar refractivity (Wildman–Crippen MR) is 106 cm³/mol. The Labute approximate surface area is 169 Å². The standard InChI is InChI=1S/C19H18F3N5OS/c1-27(2)14-7-8-16(15(9-14)19(20,21)22)25-17(28)13-5-3-12(4-6-13)10-29-18-23-11-24-26-18/h3-9,11H,10H2,1-2H3,(H,25,28)(H,23,24,26). The number of H-pyrrole nitrogens is 1. The number of aromatic nitrogens is 3. The summed E-state index contributed by atoms with van der Waals surface area (Å²) in [6.07, 6.45) is -3.17. The van der Waals surface area contributed by atoms with Crippen LogP contribution in [0.15, 0.2) is 53.9 Å². The van der Waals surface area contributed by atoms with Gasteiger partial charge >= 0.3 is 6.18 Å². The molecule has 3 aromatic rings. The fraction of sp³-hybridized carbons (Fsp3) is 0.211. The topological polar surface area (TPSA) is 73.9 Å². The summed E-state index contributed by atoms with van der Waals surface area (Å²) in [4.78, 5) is 18.0. The van der Waals surface area contributed by atoms with Crippen molar-refractivity contribution in [2.45, 2.75) is 17.1 Å². The van der Waals surface area contributed by atoms with Crippen LogP contribution in [-0.2, 0) is 11.9 Å². The second kappa shape index (κ2) is 8.56. The third kappa shape index (κ3) is 5.29. The summed E-state index contributed by atoms with van der Waals surface area (Å²) >= 11 is 1.45. The molecule has 0 aliphatic rings. The van der Waals surface area contributed by atoms with Gasteiger partial charge in [0, 0.05) is 31.1 Å². The highest BCUT2D eigenvalue weighted by Crippen LogP contribution is 2.37. The number of rotatable bonds is 6. The monoisotopic (exact) mass is 421 g/mol. The number of aromatic amines is 1. The molecule has 0 aliphatic carbocycles. The highest BCUT2D eigenvalue weighted by Gasteiger charge is 2.34. The molecule has 0 spiro atoms. The first-order chi connectivity index (χ1) is 13.7. The van der Waals surface area contributed by atoms with Crippen molar-refractivity contribution < 1.29 is 18.0 Å². The van der Waals surface area contributed by atoms with Crippen LogP contribution in [0.25, 0.3) is 0 Å². The maximum atomic E-state index is 13.4. The first kappa shape index (κ1) is 20.7. The molecule has 3 rings (SSSR count). The molecule has 0 atom stereocenters. The van der Waals surface area contributed by atoms with Crippen LogP contribution in [0.2, 0.25) is 0 Å². The molecule has 0 saturated carbocycles. The van der Waals surface area contributed by atoms with E-state index in [4.69, 9.17) is 0 Å². The number of nitrogens with zero attached hydrogens (tertiary/aromatic N) is 3. The molecule has 2 N–H and O–H groups in total. The van der Waals surface area contributed by atoms with Gasteiger partial charge in [0.1, 0.15) is 6.33 Å². The first-order valence-electron chi connectivity index (χ1n) is 8.51. The number of anilines is 2. The van der Waals surface area contributed by atoms with Crippen molar-refractivity contribution in [2.24, 2.45) is 0 Å². The minimum Gasteiger partial charge on any atom is -0.378 e. The quantitative estimate of drug-likeness (QED) is 0.576. The van der Waals surface area contributed by atoms with Crippen LogP contribution < -0.4 is 10.2 Å². The number of alkyl halides is 3. The SMILES string of the molecule is CN(C)c1ccc(NC(=O)c2ccc(CSc3ncn[nH]3)cc2)c(C(F)(F)F)c1. The van der Waals surface area contributed by atoms with Gasteiger partial charge in [-0.15, -0.1) is 0 Å². The Morgan fingerprint density at radius 1 is 1.17 bits per heavy atom. The molecule has 152 valence electrons. The highest BCUT2D eigenvalue weighted by molar-refractivity contribution is 7.98. The first-order valence-corrected chi connectivity index (χ1v) is 9.49. The smallest absolute Gasteiger partial charge is 0.378 e. The van der Waals surface area contributed by atoms with Crippen molar-refractivity contribution in [3.8, 4) is 0 Å². The average Bonchev–Trinajstić information content (AvgIpc) is 3.19. The zero-order chi connectivity index (χ0) is 21.0. The van der Waals surface area contributed by atoms with Crippen molar-refractivity contribution in [3.05, 3.63) is 65.5 Å². The van der Waals surface area contributed by atoms with Gasteiger partial charge in [0.25, 0.3) is 5.91 Å². The van der Waals surface area contributed by atoms with Crippen LogP contribution in [-0.4, -0.2) is 35.2 Å². The van der Waals surface area contributed by atoms with E-state index in [1.54, 1.807) is 43.3 Å². The Balaban J connectivity index is 1.72. The Bertz CT molecular complexity index is 973. The zero-order valence-corrected chi connectivity index (χ0v) is 16.4. The zero-order valence-electron chi connectivity index (χ0n) is 15.6. The molecule has 6 nitrogen and oxygen atoms in total. The lowest BCUT2D eigenvalue weighted by molar-refractivity contribution is -0.136. The Kier molecular flexibility index (Phi) is 6.12. The number of thioether (sulfide) groups is 1. The van der Waals surface area contributed by atoms with E-state index in [1.165, 1.54) is 30.2 Å². The van der Waals surface area contributed by atoms with Gasteiger partial charge in [0.2, 0.25) is 0 Å². The Morgan fingerprint density at radius 3 is 2.48 bits per heavy atom. The number of halogens is 3. The van der Waals surface area contributed by atoms with Crippen LogP contribution in [0.3, 0.4) is 0 Å². The molecule has 1 heterocycles. The van der Waals surface area contributed by atoms with Gasteiger partial charge in [-0.25, -0.2) is 4.98 Å². The van der Waals surface area contributed by atoms with Crippen LogP contribution in [0.5, 0.6) is 0 Å². The van der Waals surface area contributed by atoms with Crippen molar-refractivity contribution in [3.63, 3.8) is 0 Å². The Morgan fingerprint density at radius 2 is 1.90 bits per heavy atom. The van der Waals surface area contributed by atoms with Crippen molar-refractivity contribution >= 4 is 29.0 Å². The van der Waals surface area contributed by atoms with Gasteiger partial charge in [-0.3, -0.25) is 9.89 Å². The van der Waals surface area contributed by atoms with Crippen LogP contribution in [0, 0.1) is 0 Å². The van der Waals surface area contributed by atoms with Gasteiger partial charge < -0.3 is 10.2 Å². The number of carbonyl (C=O) groups excluding carboxylic acids is 1. The van der Waals surface area contributed by atoms with E-state index < -0.39 is 17.6 Å². The molecule has 0 bridgehead atoms. The van der Waals surface area contributed by atoms with E-state index in [9.17, 15) is 18.0 Å². The van der Waals surface area contributed by atoms with Gasteiger partial charge in [-0.05, 0) is 35.9 Å². The second-order valence-corrected chi connectivity index (χ2v) is 7.32. The van der Waals surface area contributed by atoms with E-state index in [1.807, 2.05) is 0 Å². The van der Waals surface area contributed by atoms with E-state index in [2.05, 4.69) is 20.5 Å². The van der Waals surface area contributed by atoms with Crippen molar-refractivity contribution in [2.75, 3.05) is 24.3 Å². The van der Waals surface area contributed by atoms with Gasteiger partial charge in [-0.1, -0.05) is 23.9 Å². The summed E-state index contributed by atoms with van der Waals surface area (Å²) in [5.41, 5.74) is 0.427. The van der Waals surface area contributed by atoms with Gasteiger partial charge in [0.05, 0.1) is 11.3 Å². The maximum absolute atomic E-state index is 13.4. The molecule has 10 heteroatoms. The number of nitrogens with one attached hydrogen (secondary N) is 2. The summed E-state index contributed by atoms with van der Waals surface area (Å²) in [6.45, 7) is 0. The average molecular weight is 421 g/mol. The summed E-state index contributed by atoms with van der Waals surface area (Å²) in [6, 6.07) is 10.4. The minimum absolute atomic E-state index is 0.267. The van der Waals surface area contributed by atoms with Crippen LogP contribution in [0.4, 0.5) is 24.5 Å². The largest absolute Gasteiger partial charge is 0.418 e. The molecule has 0 aliphatic heterocycles. The number of hydrogen-bond acceptors (Lipinski definition) is 5. The summed E-state index contributed by atoms with van der Waals surface area (Å²) in [7, 11) is 3.30. The van der Waals surface area contributed by atoms with Crippen molar-refractivity contribution in [1.82, 2.24) is 15.2 Å². The van der Waals surface area contributed by atoms with Crippen LogP contribution in [0.1, 0.15) is 21.5 Å². The molecule has 2 aromatic carbocycles. The summed E-state index contributed by atoms with van der Waals surface area (Å²) in [5.74, 6) is 0.00365. The lowest BCUT2D eigenvalue weighted by Crippen LogP contribution is -2.18. The molecular weight excluding hydrogens is 403 g/mol. The lowest BCUT2D eigenvalue weighted by atomic mass is 10.1. The second-order valence-electron chi connectivity index (χ2n) is 6.35. The van der Waals surface area contributed by atoms with Crippen LogP contribution >= 0.6 is 11.8 Å². The molecule has 0 unspecified atom stereocenters. The molecule has 0 radical (unpaired) electrons. The number of benzene rings is 2. The summed E-state index contributed by atoms with van der Waals surface area (Å²) in [5, 5.41) is 9.53. The number of hydrogen-bond donors (Lipinski definition) is 2. The third-order valence-corrected chi connectivity index (χ3v) is 5.01. The normalized spacial score (nSPS) is 11.3. The molecule has 29 heavy (non-hydrogen) atoms. The predicted octanol–water partition coefficient (Wildman–Crippen LogP) is 4.43. The van der Waals surface area contributed by atoms with Crippen molar-refractivity contribution in [1.29, 1.82) is 0 Å². The molecule has 0 saturated heterocycles. The molecule has 0 fully saturated rings. The van der Waals surface area contributed by atoms with Gasteiger partial charge in [-0.2, -0.15) is 18.3 Å². The van der Waals surface area contributed by atoms with E-state index >= 15 is 0 Å². The van der Waals surface area contributed by atoms with E-state index in [-0.39, 0.29) is 11.3 Å². The fourth-order valence-corrected chi connectivity index (χ4v) is 3.25. The lowest BCUT2D eigenvalue weighted by Gasteiger charge is -2.18. The molecular formula is C19H18F3N5OS.